The van der Waals surface area contributed by atoms with Crippen LogP contribution in [0.2, 0.25) is 0 Å². The van der Waals surface area contributed by atoms with E-state index >= 15 is 0 Å². The van der Waals surface area contributed by atoms with Crippen molar-refractivity contribution >= 4 is 11.7 Å². The Morgan fingerprint density at radius 3 is 2.84 bits per heavy atom. The Balaban J connectivity index is 2.17. The SMILES string of the molecule is COC(=O)C(Nc1ccccc1OC)C1CCOC1. The van der Waals surface area contributed by atoms with Crippen molar-refractivity contribution in [2.75, 3.05) is 32.8 Å². The van der Waals surface area contributed by atoms with Crippen molar-refractivity contribution in [2.45, 2.75) is 12.5 Å². The Morgan fingerprint density at radius 2 is 2.21 bits per heavy atom. The van der Waals surface area contributed by atoms with Crippen LogP contribution in [0.1, 0.15) is 6.42 Å². The van der Waals surface area contributed by atoms with Gasteiger partial charge in [0.2, 0.25) is 0 Å². The molecule has 1 fully saturated rings. The van der Waals surface area contributed by atoms with Gasteiger partial charge in [-0.05, 0) is 18.6 Å². The molecule has 1 aromatic rings. The highest BCUT2D eigenvalue weighted by Gasteiger charge is 2.32. The maximum Gasteiger partial charge on any atom is 0.328 e. The normalized spacial score (nSPS) is 19.8. The molecule has 1 aliphatic rings. The number of nitrogens with one attached hydrogen (secondary N) is 1. The highest BCUT2D eigenvalue weighted by Crippen LogP contribution is 2.27. The number of rotatable bonds is 5. The lowest BCUT2D eigenvalue weighted by Crippen LogP contribution is -2.38. The zero-order valence-electron chi connectivity index (χ0n) is 11.2. The van der Waals surface area contributed by atoms with Gasteiger partial charge in [-0.25, -0.2) is 4.79 Å². The van der Waals surface area contributed by atoms with Crippen molar-refractivity contribution in [3.05, 3.63) is 24.3 Å². The van der Waals surface area contributed by atoms with Gasteiger partial charge in [0, 0.05) is 12.5 Å². The molecule has 1 aliphatic heterocycles. The molecule has 1 aromatic carbocycles. The number of anilines is 1. The minimum Gasteiger partial charge on any atom is -0.495 e. The van der Waals surface area contributed by atoms with Crippen molar-refractivity contribution in [3.8, 4) is 5.75 Å². The van der Waals surface area contributed by atoms with Gasteiger partial charge in [-0.3, -0.25) is 0 Å². The van der Waals surface area contributed by atoms with Gasteiger partial charge in [-0.1, -0.05) is 12.1 Å². The Kier molecular flexibility index (Phi) is 4.63. The van der Waals surface area contributed by atoms with Crippen LogP contribution in [0.25, 0.3) is 0 Å². The molecule has 19 heavy (non-hydrogen) atoms. The Bertz CT molecular complexity index is 429. The molecular formula is C14H19NO4. The van der Waals surface area contributed by atoms with Gasteiger partial charge in [-0.15, -0.1) is 0 Å². The molecule has 1 heterocycles. The van der Waals surface area contributed by atoms with E-state index in [0.29, 0.717) is 19.0 Å². The molecule has 0 aliphatic carbocycles. The summed E-state index contributed by atoms with van der Waals surface area (Å²) in [6, 6.07) is 7.09. The fourth-order valence-electron chi connectivity index (χ4n) is 2.24. The smallest absolute Gasteiger partial charge is 0.328 e. The third-order valence-corrected chi connectivity index (χ3v) is 3.31. The van der Waals surface area contributed by atoms with E-state index in [-0.39, 0.29) is 11.9 Å². The molecule has 0 bridgehead atoms. The minimum absolute atomic E-state index is 0.123. The van der Waals surface area contributed by atoms with Gasteiger partial charge in [0.1, 0.15) is 11.8 Å². The van der Waals surface area contributed by atoms with E-state index in [9.17, 15) is 4.79 Å². The molecular weight excluding hydrogens is 246 g/mol. The van der Waals surface area contributed by atoms with Gasteiger partial charge in [-0.2, -0.15) is 0 Å². The number of methoxy groups -OCH3 is 2. The van der Waals surface area contributed by atoms with E-state index < -0.39 is 6.04 Å². The summed E-state index contributed by atoms with van der Waals surface area (Å²) in [7, 11) is 3.00. The molecule has 104 valence electrons. The molecule has 5 heteroatoms. The average molecular weight is 265 g/mol. The van der Waals surface area contributed by atoms with Crippen LogP contribution in [0.3, 0.4) is 0 Å². The average Bonchev–Trinajstić information content (AvgIpc) is 2.98. The second kappa shape index (κ2) is 6.43. The fraction of sp³-hybridized carbons (Fsp3) is 0.500. The van der Waals surface area contributed by atoms with E-state index in [1.54, 1.807) is 7.11 Å². The van der Waals surface area contributed by atoms with Crippen LogP contribution in [-0.2, 0) is 14.3 Å². The number of carbonyl (C=O) groups is 1. The summed E-state index contributed by atoms with van der Waals surface area (Å²) in [6.45, 7) is 1.26. The molecule has 2 unspecified atom stereocenters. The maximum atomic E-state index is 11.9. The van der Waals surface area contributed by atoms with Gasteiger partial charge in [0.15, 0.2) is 0 Å². The monoisotopic (exact) mass is 265 g/mol. The highest BCUT2D eigenvalue weighted by atomic mass is 16.5. The highest BCUT2D eigenvalue weighted by molar-refractivity contribution is 5.80. The van der Waals surface area contributed by atoms with E-state index in [4.69, 9.17) is 14.2 Å². The first-order valence-corrected chi connectivity index (χ1v) is 6.31. The van der Waals surface area contributed by atoms with E-state index in [2.05, 4.69) is 5.32 Å². The molecule has 0 saturated carbocycles. The van der Waals surface area contributed by atoms with Crippen molar-refractivity contribution in [2.24, 2.45) is 5.92 Å². The summed E-state index contributed by atoms with van der Waals surface area (Å²) >= 11 is 0. The first-order chi connectivity index (χ1) is 9.26. The van der Waals surface area contributed by atoms with Crippen LogP contribution in [0.4, 0.5) is 5.69 Å². The van der Waals surface area contributed by atoms with Crippen LogP contribution in [-0.4, -0.2) is 39.4 Å². The topological polar surface area (TPSA) is 56.8 Å². The molecule has 1 saturated heterocycles. The zero-order chi connectivity index (χ0) is 13.7. The first kappa shape index (κ1) is 13.7. The Labute approximate surface area is 112 Å². The molecule has 0 amide bonds. The number of esters is 1. The van der Waals surface area contributed by atoms with Crippen molar-refractivity contribution < 1.29 is 19.0 Å². The Morgan fingerprint density at radius 1 is 1.42 bits per heavy atom. The van der Waals surface area contributed by atoms with Gasteiger partial charge in [0.25, 0.3) is 0 Å². The second-order valence-corrected chi connectivity index (χ2v) is 4.47. The third-order valence-electron chi connectivity index (χ3n) is 3.31. The number of carbonyl (C=O) groups excluding carboxylic acids is 1. The molecule has 1 N–H and O–H groups in total. The minimum atomic E-state index is -0.413. The van der Waals surface area contributed by atoms with Gasteiger partial charge >= 0.3 is 5.97 Å². The van der Waals surface area contributed by atoms with Crippen molar-refractivity contribution in [1.29, 1.82) is 0 Å². The fourth-order valence-corrected chi connectivity index (χ4v) is 2.24. The van der Waals surface area contributed by atoms with Crippen LogP contribution < -0.4 is 10.1 Å². The summed E-state index contributed by atoms with van der Waals surface area (Å²) < 4.78 is 15.5. The molecule has 2 atom stereocenters. The van der Waals surface area contributed by atoms with Crippen molar-refractivity contribution in [1.82, 2.24) is 0 Å². The number of hydrogen-bond acceptors (Lipinski definition) is 5. The van der Waals surface area contributed by atoms with Gasteiger partial charge < -0.3 is 19.5 Å². The van der Waals surface area contributed by atoms with Crippen molar-refractivity contribution in [3.63, 3.8) is 0 Å². The lowest BCUT2D eigenvalue weighted by molar-refractivity contribution is -0.142. The predicted octanol–water partition coefficient (Wildman–Crippen LogP) is 1.69. The second-order valence-electron chi connectivity index (χ2n) is 4.47. The van der Waals surface area contributed by atoms with Gasteiger partial charge in [0.05, 0.1) is 26.5 Å². The predicted molar refractivity (Wildman–Crippen MR) is 71.3 cm³/mol. The van der Waals surface area contributed by atoms with E-state index in [0.717, 1.165) is 12.1 Å². The van der Waals surface area contributed by atoms with Crippen LogP contribution in [0.5, 0.6) is 5.75 Å². The summed E-state index contributed by atoms with van der Waals surface area (Å²) in [5.74, 6) is 0.550. The number of para-hydroxylation sites is 2. The number of hydrogen-bond donors (Lipinski definition) is 1. The molecule has 0 spiro atoms. The molecule has 0 radical (unpaired) electrons. The first-order valence-electron chi connectivity index (χ1n) is 6.31. The molecule has 0 aromatic heterocycles. The lowest BCUT2D eigenvalue weighted by Gasteiger charge is -2.23. The third kappa shape index (κ3) is 3.17. The quantitative estimate of drug-likeness (QED) is 0.821. The van der Waals surface area contributed by atoms with Crippen LogP contribution >= 0.6 is 0 Å². The number of ether oxygens (including phenoxy) is 3. The zero-order valence-corrected chi connectivity index (χ0v) is 11.2. The largest absolute Gasteiger partial charge is 0.495 e. The standard InChI is InChI=1S/C14H19NO4/c1-17-12-6-4-3-5-11(12)15-13(14(16)18-2)10-7-8-19-9-10/h3-6,10,13,15H,7-9H2,1-2H3. The maximum absolute atomic E-state index is 11.9. The summed E-state index contributed by atoms with van der Waals surface area (Å²) in [6.07, 6.45) is 0.849. The summed E-state index contributed by atoms with van der Waals surface area (Å²) in [5.41, 5.74) is 0.785. The summed E-state index contributed by atoms with van der Waals surface area (Å²) in [4.78, 5) is 11.9. The van der Waals surface area contributed by atoms with Crippen LogP contribution in [0.15, 0.2) is 24.3 Å². The number of benzene rings is 1. The van der Waals surface area contributed by atoms with E-state index in [1.165, 1.54) is 7.11 Å². The Hall–Kier alpha value is -1.75. The lowest BCUT2D eigenvalue weighted by atomic mass is 9.98. The van der Waals surface area contributed by atoms with E-state index in [1.807, 2.05) is 24.3 Å². The molecule has 5 nitrogen and oxygen atoms in total. The van der Waals surface area contributed by atoms with Crippen LogP contribution in [0, 0.1) is 5.92 Å². The summed E-state index contributed by atoms with van der Waals surface area (Å²) in [5, 5.41) is 3.21. The molecule has 2 rings (SSSR count).